The van der Waals surface area contributed by atoms with E-state index in [9.17, 15) is 18.2 Å². The number of carboxylic acids is 1. The molecule has 1 aromatic carbocycles. The molecule has 0 aliphatic heterocycles. The minimum atomic E-state index is -1.70. The van der Waals surface area contributed by atoms with Gasteiger partial charge in [0.1, 0.15) is 11.6 Å². The van der Waals surface area contributed by atoms with Crippen LogP contribution < -0.4 is 5.32 Å². The summed E-state index contributed by atoms with van der Waals surface area (Å²) in [5.74, 6) is -2.98. The number of rotatable bonds is 7. The van der Waals surface area contributed by atoms with Gasteiger partial charge in [-0.2, -0.15) is 0 Å². The van der Waals surface area contributed by atoms with Crippen LogP contribution in [0.5, 0.6) is 0 Å². The van der Waals surface area contributed by atoms with Gasteiger partial charge in [0.05, 0.1) is 16.4 Å². The molecular weight excluding hydrogens is 285 g/mol. The van der Waals surface area contributed by atoms with Crippen LogP contribution in [-0.4, -0.2) is 33.5 Å². The lowest BCUT2D eigenvalue weighted by Gasteiger charge is -2.06. The number of benzene rings is 1. The summed E-state index contributed by atoms with van der Waals surface area (Å²) in [6.45, 7) is 2.49. The van der Waals surface area contributed by atoms with Crippen molar-refractivity contribution >= 4 is 22.7 Å². The fourth-order valence-corrected chi connectivity index (χ4v) is 2.44. The van der Waals surface area contributed by atoms with Crippen LogP contribution in [0.2, 0.25) is 0 Å². The molecule has 1 unspecified atom stereocenters. The molecule has 1 aromatic rings. The third-order valence-electron chi connectivity index (χ3n) is 2.55. The second-order valence-corrected chi connectivity index (χ2v) is 5.59. The van der Waals surface area contributed by atoms with Gasteiger partial charge in [-0.15, -0.1) is 0 Å². The van der Waals surface area contributed by atoms with Gasteiger partial charge in [-0.25, -0.2) is 9.18 Å². The summed E-state index contributed by atoms with van der Waals surface area (Å²) in [4.78, 5) is 22.4. The van der Waals surface area contributed by atoms with E-state index in [0.717, 1.165) is 25.0 Å². The predicted molar refractivity (Wildman–Crippen MR) is 72.6 cm³/mol. The molecular formula is C13H16FNO4S. The summed E-state index contributed by atoms with van der Waals surface area (Å²) in [6, 6.07) is 3.15. The second kappa shape index (κ2) is 7.74. The molecule has 0 aliphatic rings. The largest absolute Gasteiger partial charge is 0.478 e. The van der Waals surface area contributed by atoms with Gasteiger partial charge in [0.15, 0.2) is 0 Å². The molecule has 0 saturated heterocycles. The van der Waals surface area contributed by atoms with Crippen LogP contribution >= 0.6 is 0 Å². The molecule has 1 rings (SSSR count). The SMILES string of the molecule is CCCCNC(=O)CS(=O)c1ccc(F)c(C(=O)O)c1. The summed E-state index contributed by atoms with van der Waals surface area (Å²) in [7, 11) is -1.70. The summed E-state index contributed by atoms with van der Waals surface area (Å²) in [5.41, 5.74) is -0.553. The molecule has 20 heavy (non-hydrogen) atoms. The van der Waals surface area contributed by atoms with Crippen molar-refractivity contribution in [2.75, 3.05) is 12.3 Å². The average molecular weight is 301 g/mol. The van der Waals surface area contributed by atoms with E-state index in [1.165, 1.54) is 6.07 Å². The van der Waals surface area contributed by atoms with Gasteiger partial charge in [-0.05, 0) is 24.6 Å². The molecule has 0 aliphatic carbocycles. The molecule has 0 bridgehead atoms. The fraction of sp³-hybridized carbons (Fsp3) is 0.385. The van der Waals surface area contributed by atoms with Gasteiger partial charge < -0.3 is 10.4 Å². The number of nitrogens with one attached hydrogen (secondary N) is 1. The van der Waals surface area contributed by atoms with Crippen molar-refractivity contribution in [3.05, 3.63) is 29.6 Å². The first-order valence-corrected chi connectivity index (χ1v) is 7.45. The van der Waals surface area contributed by atoms with Crippen molar-refractivity contribution in [2.24, 2.45) is 0 Å². The molecule has 1 atom stereocenters. The summed E-state index contributed by atoms with van der Waals surface area (Å²) < 4.78 is 25.1. The van der Waals surface area contributed by atoms with Gasteiger partial charge in [0, 0.05) is 11.4 Å². The van der Waals surface area contributed by atoms with Crippen LogP contribution in [0.4, 0.5) is 4.39 Å². The lowest BCUT2D eigenvalue weighted by atomic mass is 10.2. The smallest absolute Gasteiger partial charge is 0.338 e. The van der Waals surface area contributed by atoms with Crippen LogP contribution in [-0.2, 0) is 15.6 Å². The molecule has 0 saturated carbocycles. The molecule has 0 heterocycles. The summed E-state index contributed by atoms with van der Waals surface area (Å²) in [6.07, 6.45) is 1.77. The molecule has 1 amide bonds. The van der Waals surface area contributed by atoms with E-state index in [4.69, 9.17) is 5.11 Å². The zero-order valence-electron chi connectivity index (χ0n) is 11.0. The van der Waals surface area contributed by atoms with Crippen molar-refractivity contribution in [1.29, 1.82) is 0 Å². The van der Waals surface area contributed by atoms with Crippen LogP contribution in [0.25, 0.3) is 0 Å². The number of carboxylic acid groups (broad SMARTS) is 1. The highest BCUT2D eigenvalue weighted by Gasteiger charge is 2.15. The number of carbonyl (C=O) groups excluding carboxylic acids is 1. The fourth-order valence-electron chi connectivity index (χ4n) is 1.47. The number of carbonyl (C=O) groups is 2. The number of amides is 1. The first kappa shape index (κ1) is 16.3. The normalized spacial score (nSPS) is 11.9. The Bertz CT molecular complexity index is 533. The zero-order chi connectivity index (χ0) is 15.1. The Morgan fingerprint density at radius 3 is 2.70 bits per heavy atom. The summed E-state index contributed by atoms with van der Waals surface area (Å²) >= 11 is 0. The van der Waals surface area contributed by atoms with Gasteiger partial charge >= 0.3 is 5.97 Å². The van der Waals surface area contributed by atoms with Crippen LogP contribution in [0.1, 0.15) is 30.1 Å². The van der Waals surface area contributed by atoms with Gasteiger partial charge in [0.25, 0.3) is 0 Å². The summed E-state index contributed by atoms with van der Waals surface area (Å²) in [5, 5.41) is 11.4. The molecule has 0 aromatic heterocycles. The van der Waals surface area contributed by atoms with Crippen molar-refractivity contribution in [3.63, 3.8) is 0 Å². The van der Waals surface area contributed by atoms with Crippen LogP contribution in [0.3, 0.4) is 0 Å². The van der Waals surface area contributed by atoms with Crippen molar-refractivity contribution in [1.82, 2.24) is 5.32 Å². The predicted octanol–water partition coefficient (Wildman–Crippen LogP) is 1.55. The first-order valence-electron chi connectivity index (χ1n) is 6.13. The van der Waals surface area contributed by atoms with E-state index in [-0.39, 0.29) is 16.6 Å². The molecule has 5 nitrogen and oxygen atoms in total. The monoisotopic (exact) mass is 301 g/mol. The lowest BCUT2D eigenvalue weighted by Crippen LogP contribution is -2.29. The Morgan fingerprint density at radius 1 is 1.40 bits per heavy atom. The Balaban J connectivity index is 2.70. The third kappa shape index (κ3) is 4.73. The molecule has 2 N–H and O–H groups in total. The Labute approximate surface area is 118 Å². The standard InChI is InChI=1S/C13H16FNO4S/c1-2-3-6-15-12(16)8-20(19)9-4-5-11(14)10(7-9)13(17)18/h4-5,7H,2-3,6,8H2,1H3,(H,15,16)(H,17,18). The minimum Gasteiger partial charge on any atom is -0.478 e. The molecule has 0 radical (unpaired) electrons. The number of halogens is 1. The van der Waals surface area contributed by atoms with E-state index in [2.05, 4.69) is 5.32 Å². The minimum absolute atomic E-state index is 0.120. The third-order valence-corrected chi connectivity index (χ3v) is 3.85. The highest BCUT2D eigenvalue weighted by molar-refractivity contribution is 7.85. The van der Waals surface area contributed by atoms with E-state index in [1.807, 2.05) is 6.92 Å². The lowest BCUT2D eigenvalue weighted by molar-refractivity contribution is -0.118. The van der Waals surface area contributed by atoms with Crippen molar-refractivity contribution < 1.29 is 23.3 Å². The van der Waals surface area contributed by atoms with E-state index in [1.54, 1.807) is 0 Å². The number of aromatic carboxylic acids is 1. The number of hydrogen-bond acceptors (Lipinski definition) is 3. The van der Waals surface area contributed by atoms with E-state index in [0.29, 0.717) is 6.54 Å². The average Bonchev–Trinajstić information content (AvgIpc) is 2.39. The molecule has 110 valence electrons. The number of hydrogen-bond donors (Lipinski definition) is 2. The number of unbranched alkanes of at least 4 members (excludes halogenated alkanes) is 1. The van der Waals surface area contributed by atoms with Crippen molar-refractivity contribution in [2.45, 2.75) is 24.7 Å². The van der Waals surface area contributed by atoms with Crippen molar-refractivity contribution in [3.8, 4) is 0 Å². The van der Waals surface area contributed by atoms with Gasteiger partial charge in [-0.3, -0.25) is 9.00 Å². The highest BCUT2D eigenvalue weighted by Crippen LogP contribution is 2.14. The maximum atomic E-state index is 13.2. The van der Waals surface area contributed by atoms with Crippen LogP contribution in [0, 0.1) is 5.82 Å². The molecule has 0 spiro atoms. The first-order chi connectivity index (χ1) is 9.45. The maximum Gasteiger partial charge on any atom is 0.338 e. The maximum absolute atomic E-state index is 13.2. The van der Waals surface area contributed by atoms with E-state index < -0.39 is 28.1 Å². The highest BCUT2D eigenvalue weighted by atomic mass is 32.2. The Hall–Kier alpha value is -1.76. The van der Waals surface area contributed by atoms with E-state index >= 15 is 0 Å². The quantitative estimate of drug-likeness (QED) is 0.748. The van der Waals surface area contributed by atoms with Gasteiger partial charge in [-0.1, -0.05) is 13.3 Å². The molecule has 7 heteroatoms. The topological polar surface area (TPSA) is 83.5 Å². The Kier molecular flexibility index (Phi) is 6.30. The second-order valence-electron chi connectivity index (χ2n) is 4.14. The van der Waals surface area contributed by atoms with Crippen LogP contribution in [0.15, 0.2) is 23.1 Å². The Morgan fingerprint density at radius 2 is 2.10 bits per heavy atom. The zero-order valence-corrected chi connectivity index (χ0v) is 11.8. The molecule has 0 fully saturated rings. The van der Waals surface area contributed by atoms with Gasteiger partial charge in [0.2, 0.25) is 5.91 Å².